The number of nitrogens with one attached hydrogen (secondary N) is 3. The number of hydrogen-bond donors (Lipinski definition) is 5. The highest BCUT2D eigenvalue weighted by molar-refractivity contribution is 7.40. The second-order valence-corrected chi connectivity index (χ2v) is 13.7. The molecule has 0 saturated carbocycles. The monoisotopic (exact) mass is 656 g/mol. The predicted molar refractivity (Wildman–Crippen MR) is 181 cm³/mol. The average Bonchev–Trinajstić information content (AvgIpc) is 2.97. The number of carbonyl (C=O) groups excluding carboxylic acids is 4. The van der Waals surface area contributed by atoms with Gasteiger partial charge in [0, 0.05) is 23.9 Å². The number of phenolic OH excluding ortho intramolecular Hbond substituents is 1. The Labute approximate surface area is 257 Å². The molecule has 0 aromatic heterocycles. The van der Waals surface area contributed by atoms with Crippen molar-refractivity contribution in [2.24, 2.45) is 5.73 Å². The zero-order valence-corrected chi connectivity index (χ0v) is 28.7. The first-order chi connectivity index (χ1) is 19.9. The molecular weight excluding hydrogens is 612 g/mol. The number of aromatic hydroxyl groups is 1. The molecule has 6 unspecified atom stereocenters. The Kier molecular flexibility index (Phi) is 18.6. The maximum atomic E-state index is 11.6. The summed E-state index contributed by atoms with van der Waals surface area (Å²) in [4.78, 5) is 45.3. The minimum Gasteiger partial charge on any atom is -0.508 e. The summed E-state index contributed by atoms with van der Waals surface area (Å²) in [6, 6.07) is 13.4. The minimum absolute atomic E-state index is 0.0415. The summed E-state index contributed by atoms with van der Waals surface area (Å²) < 4.78 is 5.12. The zero-order valence-electron chi connectivity index (χ0n) is 24.0. The van der Waals surface area contributed by atoms with Crippen LogP contribution in [0.4, 0.5) is 9.59 Å². The summed E-state index contributed by atoms with van der Waals surface area (Å²) in [7, 11) is 9.55. The van der Waals surface area contributed by atoms with Crippen LogP contribution >= 0.6 is 37.0 Å². The van der Waals surface area contributed by atoms with Gasteiger partial charge < -0.3 is 31.5 Å². The molecule has 14 heteroatoms. The molecule has 1 fully saturated rings. The van der Waals surface area contributed by atoms with Crippen LogP contribution in [0.3, 0.4) is 0 Å². The number of carbonyl (C=O) groups is 4. The van der Waals surface area contributed by atoms with Crippen LogP contribution < -0.4 is 26.4 Å². The molecule has 0 bridgehead atoms. The molecule has 1 heterocycles. The summed E-state index contributed by atoms with van der Waals surface area (Å²) in [5, 5.41) is 16.2. The number of aryl methyl sites for hydroxylation is 2. The maximum absolute atomic E-state index is 11.6. The number of urea groups is 1. The van der Waals surface area contributed by atoms with E-state index < -0.39 is 12.1 Å². The molecule has 10 nitrogen and oxygen atoms in total. The van der Waals surface area contributed by atoms with E-state index in [1.807, 2.05) is 24.3 Å². The fourth-order valence-corrected chi connectivity index (χ4v) is 4.40. The fourth-order valence-electron chi connectivity index (χ4n) is 3.44. The highest BCUT2D eigenvalue weighted by atomic mass is 31.1. The Balaban J connectivity index is 0.000000351. The van der Waals surface area contributed by atoms with Gasteiger partial charge in [0.25, 0.3) is 0 Å². The molecule has 3 amide bonds. The molecule has 1 saturated heterocycles. The van der Waals surface area contributed by atoms with E-state index in [0.717, 1.165) is 12.8 Å². The van der Waals surface area contributed by atoms with Crippen molar-refractivity contribution in [1.29, 1.82) is 0 Å². The third kappa shape index (κ3) is 15.3. The third-order valence-electron chi connectivity index (χ3n) is 6.00. The van der Waals surface area contributed by atoms with Crippen molar-refractivity contribution in [3.8, 4) is 11.5 Å². The number of ether oxygens (including phenoxy) is 1. The van der Waals surface area contributed by atoms with Crippen molar-refractivity contribution >= 4 is 60.7 Å². The lowest BCUT2D eigenvalue weighted by atomic mass is 10.1. The molecule has 1 aliphatic heterocycles. The van der Waals surface area contributed by atoms with Gasteiger partial charge in [0.15, 0.2) is 11.6 Å². The van der Waals surface area contributed by atoms with E-state index in [1.165, 1.54) is 11.1 Å². The molecule has 0 radical (unpaired) electrons. The van der Waals surface area contributed by atoms with Gasteiger partial charge in [0.2, 0.25) is 0 Å². The maximum Gasteiger partial charge on any atom is 0.412 e. The van der Waals surface area contributed by atoms with Crippen molar-refractivity contribution in [3.63, 3.8) is 0 Å². The van der Waals surface area contributed by atoms with Crippen molar-refractivity contribution in [2.75, 3.05) is 13.1 Å². The SMILES string of the molecule is CCc1ccc(O)cc1.CCc1ccc(OC(=O)NCCC(N)C(=O)C(P)P)cc1.O=C1NCCC(C(=O)C(P)P)N1. The van der Waals surface area contributed by atoms with E-state index in [4.69, 9.17) is 15.6 Å². The molecular formula is C28H44N4O6P4. The summed E-state index contributed by atoms with van der Waals surface area (Å²) in [6.45, 7) is 5.01. The number of ketones is 2. The molecule has 0 spiro atoms. The third-order valence-corrected chi connectivity index (χ3v) is 7.32. The predicted octanol–water partition coefficient (Wildman–Crippen LogP) is 3.36. The van der Waals surface area contributed by atoms with Crippen LogP contribution in [0, 0.1) is 0 Å². The Morgan fingerprint density at radius 1 is 0.976 bits per heavy atom. The van der Waals surface area contributed by atoms with E-state index in [1.54, 1.807) is 24.3 Å². The fraction of sp³-hybridized carbons (Fsp3) is 0.429. The molecule has 232 valence electrons. The summed E-state index contributed by atoms with van der Waals surface area (Å²) in [6.07, 6.45) is 2.46. The van der Waals surface area contributed by atoms with Crippen molar-refractivity contribution in [3.05, 3.63) is 59.7 Å². The number of nitrogens with two attached hydrogens (primary N) is 1. The van der Waals surface area contributed by atoms with Crippen LogP contribution in [0.25, 0.3) is 0 Å². The zero-order chi connectivity index (χ0) is 31.7. The minimum atomic E-state index is -0.589. The molecule has 0 aliphatic carbocycles. The number of benzene rings is 2. The lowest BCUT2D eigenvalue weighted by Crippen LogP contribution is -2.53. The molecule has 3 rings (SSSR count). The van der Waals surface area contributed by atoms with E-state index >= 15 is 0 Å². The van der Waals surface area contributed by atoms with Gasteiger partial charge in [-0.25, -0.2) is 9.59 Å². The Bertz CT molecular complexity index is 1130. The van der Waals surface area contributed by atoms with Gasteiger partial charge in [-0.2, -0.15) is 0 Å². The highest BCUT2D eigenvalue weighted by Gasteiger charge is 2.25. The molecule has 2 aromatic carbocycles. The molecule has 1 aliphatic rings. The molecule has 42 heavy (non-hydrogen) atoms. The first-order valence-corrected chi connectivity index (χ1v) is 16.3. The van der Waals surface area contributed by atoms with E-state index in [9.17, 15) is 19.2 Å². The number of hydrogen-bond acceptors (Lipinski definition) is 7. The van der Waals surface area contributed by atoms with Crippen molar-refractivity contribution in [1.82, 2.24) is 16.0 Å². The molecule has 6 N–H and O–H groups in total. The molecule has 6 atom stereocenters. The highest BCUT2D eigenvalue weighted by Crippen LogP contribution is 2.15. The van der Waals surface area contributed by atoms with Crippen LogP contribution in [-0.2, 0) is 22.4 Å². The van der Waals surface area contributed by atoms with E-state index in [-0.39, 0.29) is 34.4 Å². The summed E-state index contributed by atoms with van der Waals surface area (Å²) in [5.74, 6) is 0.794. The van der Waals surface area contributed by atoms with Crippen LogP contribution in [0.2, 0.25) is 0 Å². The number of rotatable bonds is 10. The van der Waals surface area contributed by atoms with Gasteiger partial charge in [-0.1, -0.05) is 38.1 Å². The van der Waals surface area contributed by atoms with E-state index in [0.29, 0.717) is 37.4 Å². The van der Waals surface area contributed by atoms with Gasteiger partial charge in [-0.3, -0.25) is 9.59 Å². The van der Waals surface area contributed by atoms with Crippen molar-refractivity contribution < 1.29 is 29.0 Å². The van der Waals surface area contributed by atoms with Crippen LogP contribution in [-0.4, -0.2) is 64.8 Å². The normalized spacial score (nSPS) is 14.7. The average molecular weight is 657 g/mol. The first-order valence-electron chi connectivity index (χ1n) is 13.6. The second kappa shape index (κ2) is 20.7. The number of phenols is 1. The lowest BCUT2D eigenvalue weighted by Gasteiger charge is -2.24. The smallest absolute Gasteiger partial charge is 0.412 e. The Hall–Kier alpha value is -2.20. The van der Waals surface area contributed by atoms with Crippen LogP contribution in [0.1, 0.15) is 37.8 Å². The number of amides is 3. The van der Waals surface area contributed by atoms with Gasteiger partial charge in [-0.05, 0) is 61.1 Å². The van der Waals surface area contributed by atoms with Crippen molar-refractivity contribution in [2.45, 2.75) is 62.4 Å². The first kappa shape index (κ1) is 37.8. The van der Waals surface area contributed by atoms with Gasteiger partial charge >= 0.3 is 12.1 Å². The quantitative estimate of drug-likeness (QED) is 0.245. The van der Waals surface area contributed by atoms with E-state index in [2.05, 4.69) is 66.8 Å². The summed E-state index contributed by atoms with van der Waals surface area (Å²) in [5.41, 5.74) is 8.16. The Morgan fingerprint density at radius 3 is 2.00 bits per heavy atom. The molecule has 2 aromatic rings. The van der Waals surface area contributed by atoms with Gasteiger partial charge in [-0.15, -0.1) is 37.0 Å². The van der Waals surface area contributed by atoms with Gasteiger partial charge in [0.05, 0.1) is 12.1 Å². The van der Waals surface area contributed by atoms with Crippen LogP contribution in [0.15, 0.2) is 48.5 Å². The van der Waals surface area contributed by atoms with Crippen LogP contribution in [0.5, 0.6) is 11.5 Å². The topological polar surface area (TPSA) is 160 Å². The Morgan fingerprint density at radius 2 is 1.52 bits per heavy atom. The van der Waals surface area contributed by atoms with Gasteiger partial charge in [0.1, 0.15) is 11.5 Å². The summed E-state index contributed by atoms with van der Waals surface area (Å²) >= 11 is 0. The standard InChI is InChI=1S/C14H22N2O3P2.C8H10O.C6H12N2O2P2/c1-2-9-3-5-10(6-4-9)19-14(18)16-8-7-11(15)12(17)13(20)21;1-2-7-3-5-8(9)6-4-7;9-4(5(11)12)3-1-2-7-6(10)8-3/h3-6,11,13H,2,7-8,15,20-21H2,1H3,(H,16,18);3-6,9H,2H2,1H3;3,5H,1-2,11-12H2,(H2,7,8,10). The second-order valence-electron chi connectivity index (χ2n) is 9.33. The lowest BCUT2D eigenvalue weighted by molar-refractivity contribution is -0.119. The largest absolute Gasteiger partial charge is 0.508 e. The number of Topliss-reactive ketones (excluding diaryl/α,β-unsaturated/α-hetero) is 2.